The standard InChI is InChI=1S/C15H21N3O2/c1-10-7-12(8-11(2)17-10)9-14(19)18-13-5-3-4-6-16-15(13)20/h7-8,13H,3-6,9H2,1-2H3,(H,16,20)(H,18,19). The van der Waals surface area contributed by atoms with Gasteiger partial charge in [-0.3, -0.25) is 14.6 Å². The summed E-state index contributed by atoms with van der Waals surface area (Å²) in [5, 5.41) is 5.64. The van der Waals surface area contributed by atoms with Crippen LogP contribution in [0.5, 0.6) is 0 Å². The first-order chi connectivity index (χ1) is 9.54. The molecule has 1 atom stereocenters. The summed E-state index contributed by atoms with van der Waals surface area (Å²) in [5.41, 5.74) is 2.74. The lowest BCUT2D eigenvalue weighted by Crippen LogP contribution is -2.45. The van der Waals surface area contributed by atoms with Crippen molar-refractivity contribution in [3.05, 3.63) is 29.1 Å². The van der Waals surface area contributed by atoms with Crippen molar-refractivity contribution in [3.63, 3.8) is 0 Å². The van der Waals surface area contributed by atoms with E-state index in [0.29, 0.717) is 13.0 Å². The van der Waals surface area contributed by atoms with Crippen LogP contribution in [0.4, 0.5) is 0 Å². The largest absolute Gasteiger partial charge is 0.354 e. The van der Waals surface area contributed by atoms with Crippen molar-refractivity contribution in [2.45, 2.75) is 45.6 Å². The predicted octanol–water partition coefficient (Wildman–Crippen LogP) is 1.03. The van der Waals surface area contributed by atoms with E-state index in [9.17, 15) is 9.59 Å². The van der Waals surface area contributed by atoms with Gasteiger partial charge in [0.25, 0.3) is 0 Å². The molecule has 1 unspecified atom stereocenters. The maximum atomic E-state index is 12.0. The molecule has 0 aromatic carbocycles. The van der Waals surface area contributed by atoms with Crippen molar-refractivity contribution in [1.29, 1.82) is 0 Å². The first-order valence-electron chi connectivity index (χ1n) is 7.06. The molecular weight excluding hydrogens is 254 g/mol. The van der Waals surface area contributed by atoms with Crippen molar-refractivity contribution < 1.29 is 9.59 Å². The number of rotatable bonds is 3. The molecule has 108 valence electrons. The van der Waals surface area contributed by atoms with Gasteiger partial charge >= 0.3 is 0 Å². The van der Waals surface area contributed by atoms with E-state index in [-0.39, 0.29) is 18.2 Å². The van der Waals surface area contributed by atoms with E-state index in [1.807, 2.05) is 26.0 Å². The Labute approximate surface area is 119 Å². The molecule has 0 aliphatic carbocycles. The molecule has 1 aliphatic rings. The minimum Gasteiger partial charge on any atom is -0.354 e. The summed E-state index contributed by atoms with van der Waals surface area (Å²) in [7, 11) is 0. The molecule has 2 rings (SSSR count). The molecule has 0 spiro atoms. The van der Waals surface area contributed by atoms with E-state index >= 15 is 0 Å². The zero-order valence-corrected chi connectivity index (χ0v) is 12.0. The number of nitrogens with one attached hydrogen (secondary N) is 2. The van der Waals surface area contributed by atoms with Gasteiger partial charge in [0.2, 0.25) is 11.8 Å². The summed E-state index contributed by atoms with van der Waals surface area (Å²) < 4.78 is 0. The minimum absolute atomic E-state index is 0.0714. The van der Waals surface area contributed by atoms with Gasteiger partial charge in [0.1, 0.15) is 6.04 Å². The highest BCUT2D eigenvalue weighted by Gasteiger charge is 2.22. The van der Waals surface area contributed by atoms with E-state index in [1.165, 1.54) is 0 Å². The number of aryl methyl sites for hydroxylation is 2. The molecule has 1 aromatic heterocycles. The Kier molecular flexibility index (Phi) is 4.71. The molecule has 2 N–H and O–H groups in total. The van der Waals surface area contributed by atoms with Gasteiger partial charge in [0.15, 0.2) is 0 Å². The summed E-state index contributed by atoms with van der Waals surface area (Å²) in [4.78, 5) is 28.1. The highest BCUT2D eigenvalue weighted by molar-refractivity contribution is 5.88. The van der Waals surface area contributed by atoms with Gasteiger partial charge in [-0.2, -0.15) is 0 Å². The zero-order valence-electron chi connectivity index (χ0n) is 12.0. The van der Waals surface area contributed by atoms with Crippen LogP contribution >= 0.6 is 0 Å². The maximum absolute atomic E-state index is 12.0. The van der Waals surface area contributed by atoms with Gasteiger partial charge < -0.3 is 10.6 Å². The molecule has 1 aliphatic heterocycles. The Morgan fingerprint density at radius 2 is 2.05 bits per heavy atom. The molecule has 2 amide bonds. The highest BCUT2D eigenvalue weighted by Crippen LogP contribution is 2.08. The van der Waals surface area contributed by atoms with Gasteiger partial charge in [-0.1, -0.05) is 0 Å². The maximum Gasteiger partial charge on any atom is 0.242 e. The number of amides is 2. The number of nitrogens with zero attached hydrogens (tertiary/aromatic N) is 1. The third-order valence-corrected chi connectivity index (χ3v) is 3.38. The first kappa shape index (κ1) is 14.5. The fourth-order valence-corrected chi connectivity index (χ4v) is 2.53. The van der Waals surface area contributed by atoms with Crippen molar-refractivity contribution >= 4 is 11.8 Å². The number of hydrogen-bond acceptors (Lipinski definition) is 3. The lowest BCUT2D eigenvalue weighted by molar-refractivity contribution is -0.128. The Hall–Kier alpha value is -1.91. The summed E-state index contributed by atoms with van der Waals surface area (Å²) in [6.07, 6.45) is 2.93. The summed E-state index contributed by atoms with van der Waals surface area (Å²) in [6.45, 7) is 4.52. The van der Waals surface area contributed by atoms with Gasteiger partial charge in [0, 0.05) is 17.9 Å². The smallest absolute Gasteiger partial charge is 0.242 e. The van der Waals surface area contributed by atoms with E-state index in [0.717, 1.165) is 29.8 Å². The number of hydrogen-bond donors (Lipinski definition) is 2. The van der Waals surface area contributed by atoms with E-state index < -0.39 is 6.04 Å². The average molecular weight is 275 g/mol. The second kappa shape index (κ2) is 6.50. The molecule has 0 saturated carbocycles. The second-order valence-corrected chi connectivity index (χ2v) is 5.34. The molecule has 1 aromatic rings. The predicted molar refractivity (Wildman–Crippen MR) is 76.2 cm³/mol. The molecule has 20 heavy (non-hydrogen) atoms. The molecule has 5 heteroatoms. The molecule has 0 radical (unpaired) electrons. The fourth-order valence-electron chi connectivity index (χ4n) is 2.53. The third kappa shape index (κ3) is 4.05. The highest BCUT2D eigenvalue weighted by atomic mass is 16.2. The van der Waals surface area contributed by atoms with Crippen molar-refractivity contribution in [1.82, 2.24) is 15.6 Å². The Morgan fingerprint density at radius 1 is 1.35 bits per heavy atom. The van der Waals surface area contributed by atoms with Gasteiger partial charge in [-0.05, 0) is 50.8 Å². The topological polar surface area (TPSA) is 71.1 Å². The van der Waals surface area contributed by atoms with Gasteiger partial charge in [-0.25, -0.2) is 0 Å². The molecule has 1 fully saturated rings. The normalized spacial score (nSPS) is 19.1. The molecule has 2 heterocycles. The van der Waals surface area contributed by atoms with Crippen LogP contribution < -0.4 is 10.6 Å². The third-order valence-electron chi connectivity index (χ3n) is 3.38. The lowest BCUT2D eigenvalue weighted by atomic mass is 10.1. The van der Waals surface area contributed by atoms with Crippen LogP contribution in [0.25, 0.3) is 0 Å². The quantitative estimate of drug-likeness (QED) is 0.865. The van der Waals surface area contributed by atoms with Crippen LogP contribution in [-0.2, 0) is 16.0 Å². The van der Waals surface area contributed by atoms with Crippen molar-refractivity contribution in [2.24, 2.45) is 0 Å². The van der Waals surface area contributed by atoms with E-state index in [4.69, 9.17) is 0 Å². The van der Waals surface area contributed by atoms with Crippen molar-refractivity contribution in [2.75, 3.05) is 6.54 Å². The lowest BCUT2D eigenvalue weighted by Gasteiger charge is -2.15. The molecular formula is C15H21N3O2. The van der Waals surface area contributed by atoms with Crippen LogP contribution in [0.3, 0.4) is 0 Å². The van der Waals surface area contributed by atoms with E-state index in [1.54, 1.807) is 0 Å². The summed E-state index contributed by atoms with van der Waals surface area (Å²) >= 11 is 0. The van der Waals surface area contributed by atoms with Crippen LogP contribution in [0.2, 0.25) is 0 Å². The number of carbonyl (C=O) groups excluding carboxylic acids is 2. The van der Waals surface area contributed by atoms with Crippen LogP contribution in [0, 0.1) is 13.8 Å². The number of aromatic nitrogens is 1. The monoisotopic (exact) mass is 275 g/mol. The number of carbonyl (C=O) groups is 2. The summed E-state index contributed by atoms with van der Waals surface area (Å²) in [6, 6.07) is 3.41. The fraction of sp³-hybridized carbons (Fsp3) is 0.533. The second-order valence-electron chi connectivity index (χ2n) is 5.34. The van der Waals surface area contributed by atoms with E-state index in [2.05, 4.69) is 15.6 Å². The average Bonchev–Trinajstić information content (AvgIpc) is 2.53. The van der Waals surface area contributed by atoms with Crippen LogP contribution in [0.1, 0.15) is 36.2 Å². The Bertz CT molecular complexity index is 494. The van der Waals surface area contributed by atoms with Crippen LogP contribution in [-0.4, -0.2) is 29.4 Å². The first-order valence-corrected chi connectivity index (χ1v) is 7.06. The Morgan fingerprint density at radius 3 is 2.75 bits per heavy atom. The minimum atomic E-state index is -0.394. The summed E-state index contributed by atoms with van der Waals surface area (Å²) in [5.74, 6) is -0.185. The Balaban J connectivity index is 1.96. The molecule has 0 bridgehead atoms. The number of pyridine rings is 1. The van der Waals surface area contributed by atoms with Gasteiger partial charge in [-0.15, -0.1) is 0 Å². The van der Waals surface area contributed by atoms with Crippen LogP contribution in [0.15, 0.2) is 12.1 Å². The SMILES string of the molecule is Cc1cc(CC(=O)NC2CCCCNC2=O)cc(C)n1. The van der Waals surface area contributed by atoms with Gasteiger partial charge in [0.05, 0.1) is 6.42 Å². The molecule has 1 saturated heterocycles. The zero-order chi connectivity index (χ0) is 14.5. The van der Waals surface area contributed by atoms with Crippen molar-refractivity contribution in [3.8, 4) is 0 Å². The molecule has 5 nitrogen and oxygen atoms in total.